The highest BCUT2D eigenvalue weighted by molar-refractivity contribution is 14.1. The molecule has 0 radical (unpaired) electrons. The van der Waals surface area contributed by atoms with Crippen molar-refractivity contribution >= 4 is 28.9 Å². The molecule has 6 heavy (non-hydrogen) atoms. The number of hydrogen-bond donors (Lipinski definition) is 3. The van der Waals surface area contributed by atoms with Crippen molar-refractivity contribution in [3.05, 3.63) is 0 Å². The smallest absolute Gasteiger partial charge is 0.327 e. The van der Waals surface area contributed by atoms with Gasteiger partial charge in [0.15, 0.2) is 0 Å². The second kappa shape index (κ2) is 3.16. The SMILES string of the molecule is NC(=O)NNI. The summed E-state index contributed by atoms with van der Waals surface area (Å²) in [5.41, 5.74) is 6.67. The van der Waals surface area contributed by atoms with E-state index >= 15 is 0 Å². The Morgan fingerprint density at radius 3 is 2.33 bits per heavy atom. The third kappa shape index (κ3) is 3.96. The van der Waals surface area contributed by atoms with Gasteiger partial charge in [0, 0.05) is 22.9 Å². The van der Waals surface area contributed by atoms with Crippen LogP contribution in [-0.4, -0.2) is 6.03 Å². The van der Waals surface area contributed by atoms with Gasteiger partial charge in [-0.1, -0.05) is 0 Å². The lowest BCUT2D eigenvalue weighted by molar-refractivity contribution is 0.248. The third-order valence-electron chi connectivity index (χ3n) is 0.170. The molecule has 0 aromatic carbocycles. The molecule has 0 bridgehead atoms. The Morgan fingerprint density at radius 2 is 2.33 bits per heavy atom. The van der Waals surface area contributed by atoms with Gasteiger partial charge in [-0.25, -0.2) is 4.79 Å². The Morgan fingerprint density at radius 1 is 1.83 bits per heavy atom. The molecule has 0 saturated carbocycles. The Bertz CT molecular complexity index is 54.8. The molecule has 0 unspecified atom stereocenters. The maximum absolute atomic E-state index is 9.64. The number of nitrogens with two attached hydrogens (primary N) is 1. The van der Waals surface area contributed by atoms with Crippen LogP contribution < -0.4 is 14.8 Å². The highest BCUT2D eigenvalue weighted by Crippen LogP contribution is 1.56. The van der Waals surface area contributed by atoms with Crippen LogP contribution in [0.1, 0.15) is 0 Å². The summed E-state index contributed by atoms with van der Waals surface area (Å²) in [5.74, 6) is 0. The maximum atomic E-state index is 9.64. The first-order valence-corrected chi connectivity index (χ1v) is 2.26. The second-order valence-electron chi connectivity index (χ2n) is 0.584. The van der Waals surface area contributed by atoms with Gasteiger partial charge in [0.25, 0.3) is 0 Å². The molecule has 0 fully saturated rings. The van der Waals surface area contributed by atoms with Crippen molar-refractivity contribution in [2.45, 2.75) is 0 Å². The number of primary amides is 1. The quantitative estimate of drug-likeness (QED) is 0.304. The lowest BCUT2D eigenvalue weighted by atomic mass is 11.2. The number of nitrogens with one attached hydrogen (secondary N) is 2. The minimum absolute atomic E-state index is 0.579. The predicted molar refractivity (Wildman–Crippen MR) is 29.9 cm³/mol. The van der Waals surface area contributed by atoms with Crippen molar-refractivity contribution in [1.82, 2.24) is 9.06 Å². The van der Waals surface area contributed by atoms with E-state index in [0.717, 1.165) is 0 Å². The summed E-state index contributed by atoms with van der Waals surface area (Å²) in [6, 6.07) is -0.579. The van der Waals surface area contributed by atoms with Gasteiger partial charge >= 0.3 is 6.03 Å². The van der Waals surface area contributed by atoms with E-state index in [2.05, 4.69) is 14.8 Å². The van der Waals surface area contributed by atoms with Crippen molar-refractivity contribution in [2.75, 3.05) is 0 Å². The summed E-state index contributed by atoms with van der Waals surface area (Å²) in [6.07, 6.45) is 0. The van der Waals surface area contributed by atoms with Gasteiger partial charge in [0.1, 0.15) is 0 Å². The summed E-state index contributed by atoms with van der Waals surface area (Å²) < 4.78 is 2.31. The molecule has 5 heteroatoms. The molecule has 4 nitrogen and oxygen atoms in total. The molecule has 0 atom stereocenters. The van der Waals surface area contributed by atoms with Crippen LogP contribution in [0.4, 0.5) is 4.79 Å². The number of carbonyl (C=O) groups is 1. The second-order valence-corrected chi connectivity index (χ2v) is 1.12. The van der Waals surface area contributed by atoms with E-state index in [1.807, 2.05) is 0 Å². The molecule has 4 N–H and O–H groups in total. The Kier molecular flexibility index (Phi) is 3.14. The van der Waals surface area contributed by atoms with E-state index < -0.39 is 6.03 Å². The van der Waals surface area contributed by atoms with E-state index in [1.54, 1.807) is 22.9 Å². The van der Waals surface area contributed by atoms with Gasteiger partial charge in [0.05, 0.1) is 0 Å². The van der Waals surface area contributed by atoms with Gasteiger partial charge in [-0.05, 0) is 0 Å². The summed E-state index contributed by atoms with van der Waals surface area (Å²) in [7, 11) is 0. The summed E-state index contributed by atoms with van der Waals surface area (Å²) in [5, 5.41) is 0. The third-order valence-corrected chi connectivity index (χ3v) is 0.440. The van der Waals surface area contributed by atoms with Gasteiger partial charge in [-0.15, -0.1) is 0 Å². The van der Waals surface area contributed by atoms with E-state index in [4.69, 9.17) is 0 Å². The van der Waals surface area contributed by atoms with Crippen LogP contribution in [0.25, 0.3) is 0 Å². The number of rotatable bonds is 1. The van der Waals surface area contributed by atoms with Crippen LogP contribution in [0.15, 0.2) is 0 Å². The van der Waals surface area contributed by atoms with E-state index in [9.17, 15) is 4.79 Å². The number of hydrazine groups is 1. The molecule has 0 aliphatic heterocycles. The van der Waals surface area contributed by atoms with Gasteiger partial charge < -0.3 is 5.73 Å². The molecule has 0 aromatic heterocycles. The molecular weight excluding hydrogens is 197 g/mol. The topological polar surface area (TPSA) is 67.2 Å². The van der Waals surface area contributed by atoms with Crippen LogP contribution in [0, 0.1) is 0 Å². The fourth-order valence-electron chi connectivity index (χ4n) is 0.0466. The molecule has 0 rings (SSSR count). The molecular formula is CH4IN3O. The first-order chi connectivity index (χ1) is 2.77. The first-order valence-electron chi connectivity index (χ1n) is 1.18. The zero-order valence-electron chi connectivity index (χ0n) is 2.86. The number of urea groups is 1. The van der Waals surface area contributed by atoms with Crippen molar-refractivity contribution in [2.24, 2.45) is 5.73 Å². The number of halogens is 1. The van der Waals surface area contributed by atoms with Crippen molar-refractivity contribution < 1.29 is 4.79 Å². The fourth-order valence-corrected chi connectivity index (χ4v) is 0.312. The monoisotopic (exact) mass is 201 g/mol. The summed E-state index contributed by atoms with van der Waals surface area (Å²) in [4.78, 5) is 9.64. The lowest BCUT2D eigenvalue weighted by Gasteiger charge is -1.89. The highest BCUT2D eigenvalue weighted by atomic mass is 127. The minimum Gasteiger partial charge on any atom is -0.351 e. The zero-order valence-corrected chi connectivity index (χ0v) is 5.02. The average molecular weight is 201 g/mol. The lowest BCUT2D eigenvalue weighted by Crippen LogP contribution is -2.34. The first kappa shape index (κ1) is 5.96. The molecule has 2 amide bonds. The normalized spacial score (nSPS) is 7.50. The van der Waals surface area contributed by atoms with E-state index in [-0.39, 0.29) is 0 Å². The Hall–Kier alpha value is -0.0400. The van der Waals surface area contributed by atoms with Gasteiger partial charge in [-0.2, -0.15) is 3.64 Å². The largest absolute Gasteiger partial charge is 0.351 e. The highest BCUT2D eigenvalue weighted by Gasteiger charge is 1.79. The molecule has 36 valence electrons. The predicted octanol–water partition coefficient (Wildman–Crippen LogP) is -0.491. The van der Waals surface area contributed by atoms with Crippen molar-refractivity contribution in [3.8, 4) is 0 Å². The Balaban J connectivity index is 2.83. The molecule has 0 heterocycles. The van der Waals surface area contributed by atoms with Crippen molar-refractivity contribution in [3.63, 3.8) is 0 Å². The minimum atomic E-state index is -0.579. The van der Waals surface area contributed by atoms with Gasteiger partial charge in [-0.3, -0.25) is 5.43 Å². The summed E-state index contributed by atoms with van der Waals surface area (Å²) in [6.45, 7) is 0. The number of hydrogen-bond acceptors (Lipinski definition) is 2. The fraction of sp³-hybridized carbons (Fsp3) is 0. The summed E-state index contributed by atoms with van der Waals surface area (Å²) >= 11 is 1.74. The molecule has 0 aliphatic carbocycles. The van der Waals surface area contributed by atoms with Gasteiger partial charge in [0.2, 0.25) is 0 Å². The number of carbonyl (C=O) groups excluding carboxylic acids is 1. The zero-order chi connectivity index (χ0) is 4.99. The molecule has 0 aromatic rings. The molecule has 0 spiro atoms. The van der Waals surface area contributed by atoms with Crippen LogP contribution in [0.3, 0.4) is 0 Å². The van der Waals surface area contributed by atoms with E-state index in [1.165, 1.54) is 0 Å². The standard InChI is InChI=1S/CH4IN3O/c2-5-4-1(3)6/h5H,(H3,3,4,6). The van der Waals surface area contributed by atoms with Crippen LogP contribution in [0.2, 0.25) is 0 Å². The Labute approximate surface area is 48.9 Å². The van der Waals surface area contributed by atoms with Crippen LogP contribution in [0.5, 0.6) is 0 Å². The van der Waals surface area contributed by atoms with E-state index in [0.29, 0.717) is 0 Å². The molecule has 0 aliphatic rings. The van der Waals surface area contributed by atoms with Crippen LogP contribution >= 0.6 is 22.9 Å². The molecule has 0 saturated heterocycles. The van der Waals surface area contributed by atoms with Crippen molar-refractivity contribution in [1.29, 1.82) is 0 Å². The van der Waals surface area contributed by atoms with Crippen LogP contribution in [-0.2, 0) is 0 Å². The number of amides is 2. The average Bonchev–Trinajstić information content (AvgIpc) is 1.35. The maximum Gasteiger partial charge on any atom is 0.327 e.